The number of aromatic nitrogens is 1. The summed E-state index contributed by atoms with van der Waals surface area (Å²) in [6.45, 7) is 0. The lowest BCUT2D eigenvalue weighted by Crippen LogP contribution is -1.68. The highest BCUT2D eigenvalue weighted by Crippen LogP contribution is 2.36. The van der Waals surface area contributed by atoms with Crippen LogP contribution in [0.5, 0.6) is 0 Å². The number of H-pyrrole nitrogens is 1. The normalized spacial score (nSPS) is 11.8. The molecule has 0 amide bonds. The van der Waals surface area contributed by atoms with E-state index in [0.717, 1.165) is 9.47 Å². The number of rotatable bonds is 0. The standard InChI is InChI=1S/C13H7NS3/c15-13-14-9-6-11-8(5-12(9)17-13)7-3-1-2-4-10(7)16-11/h1-6H,(H,14,15). The van der Waals surface area contributed by atoms with Gasteiger partial charge in [-0.3, -0.25) is 0 Å². The van der Waals surface area contributed by atoms with Crippen molar-refractivity contribution < 1.29 is 0 Å². The fraction of sp³-hybridized carbons (Fsp3) is 0. The zero-order valence-electron chi connectivity index (χ0n) is 8.69. The molecule has 0 saturated heterocycles. The molecule has 0 aliphatic carbocycles. The highest BCUT2D eigenvalue weighted by atomic mass is 32.1. The van der Waals surface area contributed by atoms with E-state index in [4.69, 9.17) is 12.2 Å². The van der Waals surface area contributed by atoms with Crippen LogP contribution in [0.4, 0.5) is 0 Å². The molecule has 17 heavy (non-hydrogen) atoms. The van der Waals surface area contributed by atoms with Crippen LogP contribution in [0.1, 0.15) is 0 Å². The van der Waals surface area contributed by atoms with Crippen LogP contribution >= 0.6 is 34.9 Å². The minimum atomic E-state index is 0.849. The molecular weight excluding hydrogens is 266 g/mol. The molecule has 1 N–H and O–H groups in total. The smallest absolute Gasteiger partial charge is 0.159 e. The third kappa shape index (κ3) is 1.38. The number of thiazole rings is 1. The monoisotopic (exact) mass is 273 g/mol. The molecule has 0 atom stereocenters. The van der Waals surface area contributed by atoms with Crippen LogP contribution in [0.3, 0.4) is 0 Å². The maximum atomic E-state index is 5.19. The number of hydrogen-bond acceptors (Lipinski definition) is 3. The Morgan fingerprint density at radius 1 is 0.882 bits per heavy atom. The molecule has 2 aromatic heterocycles. The van der Waals surface area contributed by atoms with Crippen molar-refractivity contribution in [3.05, 3.63) is 40.4 Å². The van der Waals surface area contributed by atoms with E-state index >= 15 is 0 Å². The molecule has 0 saturated carbocycles. The maximum absolute atomic E-state index is 5.19. The second kappa shape index (κ2) is 3.38. The molecule has 0 spiro atoms. The van der Waals surface area contributed by atoms with E-state index in [1.54, 1.807) is 11.3 Å². The second-order valence-corrected chi connectivity index (χ2v) is 6.76. The summed E-state index contributed by atoms with van der Waals surface area (Å²) in [6.07, 6.45) is 0. The Morgan fingerprint density at radius 3 is 2.71 bits per heavy atom. The van der Waals surface area contributed by atoms with E-state index in [2.05, 4.69) is 41.4 Å². The lowest BCUT2D eigenvalue weighted by molar-refractivity contribution is 1.48. The first-order chi connectivity index (χ1) is 8.31. The highest BCUT2D eigenvalue weighted by molar-refractivity contribution is 7.73. The van der Waals surface area contributed by atoms with E-state index in [1.807, 2.05) is 11.3 Å². The molecule has 0 bridgehead atoms. The van der Waals surface area contributed by atoms with Crippen LogP contribution in [-0.2, 0) is 0 Å². The molecule has 0 aliphatic heterocycles. The summed E-state index contributed by atoms with van der Waals surface area (Å²) in [7, 11) is 0. The Morgan fingerprint density at radius 2 is 1.76 bits per heavy atom. The molecule has 2 heterocycles. The second-order valence-electron chi connectivity index (χ2n) is 3.96. The van der Waals surface area contributed by atoms with Gasteiger partial charge >= 0.3 is 0 Å². The van der Waals surface area contributed by atoms with Crippen LogP contribution in [0.15, 0.2) is 36.4 Å². The summed E-state index contributed by atoms with van der Waals surface area (Å²) < 4.78 is 4.76. The summed E-state index contributed by atoms with van der Waals surface area (Å²) in [4.78, 5) is 3.23. The van der Waals surface area contributed by atoms with Crippen LogP contribution in [-0.4, -0.2) is 4.98 Å². The third-order valence-corrected chi connectivity index (χ3v) is 5.25. The van der Waals surface area contributed by atoms with Gasteiger partial charge in [0.15, 0.2) is 3.95 Å². The summed E-state index contributed by atoms with van der Waals surface area (Å²) in [5.41, 5.74) is 1.15. The minimum absolute atomic E-state index is 0.849. The number of hydrogen-bond donors (Lipinski definition) is 1. The first-order valence-corrected chi connectivity index (χ1v) is 7.29. The molecule has 0 aliphatic rings. The van der Waals surface area contributed by atoms with E-state index in [0.29, 0.717) is 0 Å². The van der Waals surface area contributed by atoms with Gasteiger partial charge < -0.3 is 4.98 Å². The van der Waals surface area contributed by atoms with Gasteiger partial charge in [0.1, 0.15) is 0 Å². The van der Waals surface area contributed by atoms with Crippen molar-refractivity contribution in [2.75, 3.05) is 0 Å². The summed E-state index contributed by atoms with van der Waals surface area (Å²) >= 11 is 8.67. The SMILES string of the molecule is S=c1[nH]c2cc3sc4ccccc4c3cc2s1. The lowest BCUT2D eigenvalue weighted by atomic mass is 10.1. The molecule has 1 nitrogen and oxygen atoms in total. The number of benzene rings is 2. The number of fused-ring (bicyclic) bond motifs is 4. The molecular formula is C13H7NS3. The van der Waals surface area contributed by atoms with Crippen molar-refractivity contribution in [1.82, 2.24) is 4.98 Å². The largest absolute Gasteiger partial charge is 0.337 e. The van der Waals surface area contributed by atoms with E-state index in [1.165, 1.54) is 24.9 Å². The molecule has 4 heteroatoms. The average molecular weight is 273 g/mol. The number of aromatic amines is 1. The fourth-order valence-corrected chi connectivity index (χ4v) is 4.43. The number of nitrogens with one attached hydrogen (secondary N) is 1. The van der Waals surface area contributed by atoms with Crippen molar-refractivity contribution in [3.8, 4) is 0 Å². The zero-order valence-corrected chi connectivity index (χ0v) is 11.1. The van der Waals surface area contributed by atoms with Crippen molar-refractivity contribution in [3.63, 3.8) is 0 Å². The van der Waals surface area contributed by atoms with Gasteiger partial charge in [0.25, 0.3) is 0 Å². The van der Waals surface area contributed by atoms with Gasteiger partial charge in [-0.1, -0.05) is 18.2 Å². The first-order valence-electron chi connectivity index (χ1n) is 5.25. The summed E-state index contributed by atoms with van der Waals surface area (Å²) in [5.74, 6) is 0. The van der Waals surface area contributed by atoms with Crippen LogP contribution < -0.4 is 0 Å². The van der Waals surface area contributed by atoms with Crippen LogP contribution in [0.2, 0.25) is 0 Å². The Hall–Kier alpha value is -1.23. The Kier molecular flexibility index (Phi) is 1.94. The Balaban J connectivity index is 2.30. The predicted octanol–water partition coefficient (Wildman–Crippen LogP) is 5.33. The molecule has 4 aromatic rings. The molecule has 4 rings (SSSR count). The molecule has 0 radical (unpaired) electrons. The van der Waals surface area contributed by atoms with Gasteiger partial charge in [-0.05, 0) is 30.4 Å². The minimum Gasteiger partial charge on any atom is -0.337 e. The van der Waals surface area contributed by atoms with Crippen molar-refractivity contribution in [2.45, 2.75) is 0 Å². The molecule has 0 fully saturated rings. The topological polar surface area (TPSA) is 15.8 Å². The van der Waals surface area contributed by atoms with E-state index in [-0.39, 0.29) is 0 Å². The number of thiophene rings is 1. The zero-order chi connectivity index (χ0) is 11.4. The van der Waals surface area contributed by atoms with Crippen molar-refractivity contribution in [2.24, 2.45) is 0 Å². The highest BCUT2D eigenvalue weighted by Gasteiger charge is 2.07. The molecule has 0 unspecified atom stereocenters. The van der Waals surface area contributed by atoms with Gasteiger partial charge in [0.2, 0.25) is 0 Å². The van der Waals surface area contributed by atoms with Gasteiger partial charge in [-0.25, -0.2) is 0 Å². The molecule has 82 valence electrons. The first kappa shape index (κ1) is 9.76. The average Bonchev–Trinajstić information content (AvgIpc) is 2.84. The van der Waals surface area contributed by atoms with E-state index < -0.39 is 0 Å². The molecule has 2 aromatic carbocycles. The van der Waals surface area contributed by atoms with Crippen molar-refractivity contribution >= 4 is 65.3 Å². The van der Waals surface area contributed by atoms with Gasteiger partial charge in [0.05, 0.1) is 10.2 Å². The van der Waals surface area contributed by atoms with Gasteiger partial charge in [0, 0.05) is 20.2 Å². The summed E-state index contributed by atoms with van der Waals surface area (Å²) in [5, 5.41) is 2.68. The summed E-state index contributed by atoms with van der Waals surface area (Å²) in [6, 6.07) is 13.0. The van der Waals surface area contributed by atoms with Crippen LogP contribution in [0.25, 0.3) is 30.4 Å². The lowest BCUT2D eigenvalue weighted by Gasteiger charge is -1.91. The van der Waals surface area contributed by atoms with Crippen LogP contribution in [0, 0.1) is 3.95 Å². The van der Waals surface area contributed by atoms with E-state index in [9.17, 15) is 0 Å². The fourth-order valence-electron chi connectivity index (χ4n) is 2.17. The quantitative estimate of drug-likeness (QED) is 0.428. The third-order valence-electron chi connectivity index (χ3n) is 2.92. The predicted molar refractivity (Wildman–Crippen MR) is 79.9 cm³/mol. The Bertz CT molecular complexity index is 911. The Labute approximate surface area is 110 Å². The van der Waals surface area contributed by atoms with Gasteiger partial charge in [-0.2, -0.15) is 0 Å². The van der Waals surface area contributed by atoms with Crippen molar-refractivity contribution in [1.29, 1.82) is 0 Å². The maximum Gasteiger partial charge on any atom is 0.159 e. The van der Waals surface area contributed by atoms with Gasteiger partial charge in [-0.15, -0.1) is 22.7 Å².